The number of aromatic nitrogens is 1. The summed E-state index contributed by atoms with van der Waals surface area (Å²) >= 11 is 1.68. The first-order valence-corrected chi connectivity index (χ1v) is 7.93. The summed E-state index contributed by atoms with van der Waals surface area (Å²) < 4.78 is 0. The quantitative estimate of drug-likeness (QED) is 0.751. The predicted molar refractivity (Wildman–Crippen MR) is 87.8 cm³/mol. The number of hydrogen-bond donors (Lipinski definition) is 2. The highest BCUT2D eigenvalue weighted by Crippen LogP contribution is 2.27. The Morgan fingerprint density at radius 1 is 1.24 bits per heavy atom. The molecule has 0 aliphatic rings. The molecule has 0 spiro atoms. The molecule has 1 unspecified atom stereocenters. The molecule has 0 saturated heterocycles. The minimum atomic E-state index is 0.350. The molecule has 0 fully saturated rings. The maximum Gasteiger partial charge on any atom is 0.120 e. The Labute approximate surface area is 128 Å². The first kappa shape index (κ1) is 14.0. The van der Waals surface area contributed by atoms with Crippen LogP contribution in [0, 0.1) is 0 Å². The van der Waals surface area contributed by atoms with E-state index in [1.165, 1.54) is 0 Å². The van der Waals surface area contributed by atoms with Crippen molar-refractivity contribution in [2.24, 2.45) is 0 Å². The Morgan fingerprint density at radius 2 is 2.10 bits per heavy atom. The van der Waals surface area contributed by atoms with Gasteiger partial charge in [0.1, 0.15) is 5.75 Å². The lowest BCUT2D eigenvalue weighted by Gasteiger charge is -2.13. The van der Waals surface area contributed by atoms with Crippen LogP contribution in [0.4, 0.5) is 0 Å². The van der Waals surface area contributed by atoms with Crippen LogP contribution in [0.3, 0.4) is 0 Å². The molecule has 4 heteroatoms. The number of rotatable bonds is 5. The van der Waals surface area contributed by atoms with Crippen LogP contribution in [0.25, 0.3) is 10.8 Å². The number of phenolic OH excluding ortho intramolecular Hbond substituents is 1. The molecule has 3 aromatic rings. The molecule has 108 valence electrons. The van der Waals surface area contributed by atoms with Crippen LogP contribution in [0.5, 0.6) is 5.75 Å². The fourth-order valence-electron chi connectivity index (χ4n) is 2.49. The van der Waals surface area contributed by atoms with Crippen LogP contribution in [0.2, 0.25) is 0 Å². The second-order valence-electron chi connectivity index (χ2n) is 5.19. The Hall–Kier alpha value is -1.91. The van der Waals surface area contributed by atoms with Crippen molar-refractivity contribution in [3.05, 3.63) is 58.5 Å². The Kier molecular flexibility index (Phi) is 4.18. The second kappa shape index (κ2) is 6.24. The third-order valence-corrected chi connectivity index (χ3v) is 4.65. The van der Waals surface area contributed by atoms with E-state index in [0.29, 0.717) is 18.2 Å². The summed E-state index contributed by atoms with van der Waals surface area (Å²) in [5, 5.41) is 18.9. The van der Waals surface area contributed by atoms with Gasteiger partial charge >= 0.3 is 0 Å². The fourth-order valence-corrected chi connectivity index (χ4v) is 3.19. The molecule has 2 aromatic carbocycles. The maximum atomic E-state index is 10.1. The molecule has 3 nitrogen and oxygen atoms in total. The highest BCUT2D eigenvalue weighted by Gasteiger charge is 2.10. The summed E-state index contributed by atoms with van der Waals surface area (Å²) in [6.45, 7) is 3.66. The van der Waals surface area contributed by atoms with E-state index in [2.05, 4.69) is 29.4 Å². The van der Waals surface area contributed by atoms with Gasteiger partial charge in [0.2, 0.25) is 0 Å². The highest BCUT2D eigenvalue weighted by molar-refractivity contribution is 7.09. The van der Waals surface area contributed by atoms with E-state index in [0.717, 1.165) is 27.9 Å². The number of thiazole rings is 1. The Bertz CT molecular complexity index is 725. The molecular weight excluding hydrogens is 280 g/mol. The number of phenols is 1. The van der Waals surface area contributed by atoms with Crippen molar-refractivity contribution in [2.45, 2.75) is 19.4 Å². The van der Waals surface area contributed by atoms with Gasteiger partial charge in [-0.2, -0.15) is 0 Å². The van der Waals surface area contributed by atoms with Crippen molar-refractivity contribution in [3.63, 3.8) is 0 Å². The molecule has 0 aliphatic carbocycles. The number of nitrogens with one attached hydrogen (secondary N) is 1. The Balaban J connectivity index is 1.72. The van der Waals surface area contributed by atoms with E-state index in [1.54, 1.807) is 17.4 Å². The van der Waals surface area contributed by atoms with Crippen molar-refractivity contribution < 1.29 is 5.11 Å². The van der Waals surface area contributed by atoms with Gasteiger partial charge < -0.3 is 10.4 Å². The van der Waals surface area contributed by atoms with Crippen molar-refractivity contribution >= 4 is 22.1 Å². The fraction of sp³-hybridized carbons (Fsp3) is 0.235. The molecule has 0 amide bonds. The van der Waals surface area contributed by atoms with Gasteiger partial charge in [-0.1, -0.05) is 37.3 Å². The van der Waals surface area contributed by atoms with Crippen LogP contribution in [0.1, 0.15) is 23.4 Å². The van der Waals surface area contributed by atoms with Crippen molar-refractivity contribution in [1.29, 1.82) is 0 Å². The molecule has 21 heavy (non-hydrogen) atoms. The van der Waals surface area contributed by atoms with Gasteiger partial charge in [-0.25, -0.2) is 4.98 Å². The van der Waals surface area contributed by atoms with Crippen LogP contribution in [-0.4, -0.2) is 16.6 Å². The SMILES string of the molecule is CC(CNCc1c(O)ccc2ccccc12)c1nccs1. The highest BCUT2D eigenvalue weighted by atomic mass is 32.1. The van der Waals surface area contributed by atoms with Gasteiger partial charge in [-0.15, -0.1) is 11.3 Å². The Morgan fingerprint density at radius 3 is 2.90 bits per heavy atom. The molecule has 2 N–H and O–H groups in total. The monoisotopic (exact) mass is 298 g/mol. The molecule has 3 rings (SSSR count). The van der Waals surface area contributed by atoms with Gasteiger partial charge in [0.05, 0.1) is 5.01 Å². The summed E-state index contributed by atoms with van der Waals surface area (Å²) in [5.41, 5.74) is 0.958. The minimum Gasteiger partial charge on any atom is -0.508 e. The van der Waals surface area contributed by atoms with Crippen LogP contribution in [-0.2, 0) is 6.54 Å². The smallest absolute Gasteiger partial charge is 0.120 e. The first-order chi connectivity index (χ1) is 10.3. The first-order valence-electron chi connectivity index (χ1n) is 7.05. The van der Waals surface area contributed by atoms with Gasteiger partial charge in [-0.3, -0.25) is 0 Å². The summed E-state index contributed by atoms with van der Waals surface area (Å²) in [6.07, 6.45) is 1.84. The summed E-state index contributed by atoms with van der Waals surface area (Å²) in [7, 11) is 0. The average molecular weight is 298 g/mol. The summed E-state index contributed by atoms with van der Waals surface area (Å²) in [5.74, 6) is 0.727. The molecule has 0 bridgehead atoms. The molecule has 0 aliphatic heterocycles. The maximum absolute atomic E-state index is 10.1. The van der Waals surface area contributed by atoms with Crippen molar-refractivity contribution in [2.75, 3.05) is 6.54 Å². The number of aromatic hydroxyl groups is 1. The van der Waals surface area contributed by atoms with E-state index in [-0.39, 0.29) is 0 Å². The molecule has 0 radical (unpaired) electrons. The zero-order valence-electron chi connectivity index (χ0n) is 11.9. The van der Waals surface area contributed by atoms with Crippen molar-refractivity contribution in [1.82, 2.24) is 10.3 Å². The third kappa shape index (κ3) is 3.06. The molecule has 1 aromatic heterocycles. The van der Waals surface area contributed by atoms with Crippen LogP contribution in [0.15, 0.2) is 48.0 Å². The topological polar surface area (TPSA) is 45.1 Å². The van der Waals surface area contributed by atoms with Gasteiger partial charge in [0.25, 0.3) is 0 Å². The molecule has 0 saturated carbocycles. The lowest BCUT2D eigenvalue weighted by Crippen LogP contribution is -2.19. The van der Waals surface area contributed by atoms with Crippen LogP contribution >= 0.6 is 11.3 Å². The zero-order chi connectivity index (χ0) is 14.7. The minimum absolute atomic E-state index is 0.350. The number of fused-ring (bicyclic) bond motifs is 1. The van der Waals surface area contributed by atoms with E-state index in [9.17, 15) is 5.11 Å². The lowest BCUT2D eigenvalue weighted by molar-refractivity contribution is 0.465. The molecular formula is C17H18N2OS. The summed E-state index contributed by atoms with van der Waals surface area (Å²) in [4.78, 5) is 4.34. The van der Waals surface area contributed by atoms with Crippen LogP contribution < -0.4 is 5.32 Å². The largest absolute Gasteiger partial charge is 0.508 e. The average Bonchev–Trinajstić information content (AvgIpc) is 3.04. The third-order valence-electron chi connectivity index (χ3n) is 3.64. The molecule has 1 atom stereocenters. The number of nitrogens with zero attached hydrogens (tertiary/aromatic N) is 1. The van der Waals surface area contributed by atoms with E-state index in [4.69, 9.17) is 0 Å². The van der Waals surface area contributed by atoms with Gasteiger partial charge in [0.15, 0.2) is 0 Å². The molecule has 1 heterocycles. The number of hydrogen-bond acceptors (Lipinski definition) is 4. The zero-order valence-corrected chi connectivity index (χ0v) is 12.7. The van der Waals surface area contributed by atoms with Gasteiger partial charge in [0, 0.05) is 36.1 Å². The van der Waals surface area contributed by atoms with E-state index in [1.807, 2.05) is 29.8 Å². The second-order valence-corrected chi connectivity index (χ2v) is 6.11. The normalized spacial score (nSPS) is 12.6. The standard InChI is InChI=1S/C17H18N2OS/c1-12(17-19-8-9-21-17)10-18-11-15-14-5-3-2-4-13(14)6-7-16(15)20/h2-9,12,18,20H,10-11H2,1H3. The van der Waals surface area contributed by atoms with E-state index >= 15 is 0 Å². The van der Waals surface area contributed by atoms with Gasteiger partial charge in [-0.05, 0) is 16.8 Å². The van der Waals surface area contributed by atoms with Crippen molar-refractivity contribution in [3.8, 4) is 5.75 Å². The van der Waals surface area contributed by atoms with E-state index < -0.39 is 0 Å². The lowest BCUT2D eigenvalue weighted by atomic mass is 10.0. The predicted octanol–water partition coefficient (Wildman–Crippen LogP) is 3.90. The summed E-state index contributed by atoms with van der Waals surface area (Å²) in [6, 6.07) is 11.9. The number of benzene rings is 2.